The lowest BCUT2D eigenvalue weighted by Gasteiger charge is -2.03. The van der Waals surface area contributed by atoms with Crippen LogP contribution in [0.4, 0.5) is 0 Å². The first-order valence-corrected chi connectivity index (χ1v) is 6.50. The van der Waals surface area contributed by atoms with Gasteiger partial charge in [0.05, 0.1) is 5.75 Å². The van der Waals surface area contributed by atoms with Gasteiger partial charge in [-0.1, -0.05) is 24.6 Å². The highest BCUT2D eigenvalue weighted by atomic mass is 32.2. The van der Waals surface area contributed by atoms with Crippen molar-refractivity contribution < 1.29 is 9.53 Å². The van der Waals surface area contributed by atoms with Crippen LogP contribution < -0.4 is 0 Å². The van der Waals surface area contributed by atoms with E-state index in [0.29, 0.717) is 12.4 Å². The monoisotopic (exact) mass is 238 g/mol. The summed E-state index contributed by atoms with van der Waals surface area (Å²) in [6.45, 7) is 5.00. The second-order valence-corrected chi connectivity index (χ2v) is 4.75. The highest BCUT2D eigenvalue weighted by molar-refractivity contribution is 8.00. The van der Waals surface area contributed by atoms with Crippen molar-refractivity contribution in [3.8, 4) is 0 Å². The Kier molecular flexibility index (Phi) is 6.19. The molecule has 0 radical (unpaired) electrons. The Balaban J connectivity index is 2.26. The Bertz CT molecular complexity index is 336. The largest absolute Gasteiger partial charge is 0.374 e. The maximum atomic E-state index is 11.4. The van der Waals surface area contributed by atoms with E-state index in [0.717, 1.165) is 11.3 Å². The van der Waals surface area contributed by atoms with Gasteiger partial charge in [-0.3, -0.25) is 4.79 Å². The number of ketones is 1. The van der Waals surface area contributed by atoms with E-state index in [2.05, 4.69) is 19.1 Å². The minimum Gasteiger partial charge on any atom is -0.374 e. The smallest absolute Gasteiger partial charge is 0.168 e. The lowest BCUT2D eigenvalue weighted by molar-refractivity contribution is -0.121. The summed E-state index contributed by atoms with van der Waals surface area (Å²) in [6.07, 6.45) is 0.957. The number of Topliss-reactive ketones (excluding diaryl/α,β-unsaturated/α-hetero) is 1. The molecule has 0 N–H and O–H groups in total. The van der Waals surface area contributed by atoms with E-state index in [1.54, 1.807) is 11.8 Å². The van der Waals surface area contributed by atoms with Gasteiger partial charge in [0.2, 0.25) is 0 Å². The third kappa shape index (κ3) is 5.33. The molecule has 0 saturated heterocycles. The van der Waals surface area contributed by atoms with E-state index in [9.17, 15) is 4.79 Å². The Morgan fingerprint density at radius 2 is 2.25 bits per heavy atom. The number of carbonyl (C=O) groups is 1. The first-order valence-electron chi connectivity index (χ1n) is 5.51. The van der Waals surface area contributed by atoms with Crippen LogP contribution in [0.1, 0.15) is 18.9 Å². The van der Waals surface area contributed by atoms with Crippen molar-refractivity contribution in [1.82, 2.24) is 0 Å². The maximum absolute atomic E-state index is 11.4. The van der Waals surface area contributed by atoms with Crippen LogP contribution in [-0.4, -0.2) is 24.7 Å². The van der Waals surface area contributed by atoms with E-state index in [4.69, 9.17) is 4.74 Å². The van der Waals surface area contributed by atoms with Crippen LogP contribution in [-0.2, 0) is 9.53 Å². The summed E-state index contributed by atoms with van der Waals surface area (Å²) in [6, 6.07) is 8.18. The number of aryl methyl sites for hydroxylation is 1. The Labute approximate surface area is 101 Å². The summed E-state index contributed by atoms with van der Waals surface area (Å²) in [5.41, 5.74) is 1.22. The van der Waals surface area contributed by atoms with Crippen molar-refractivity contribution in [2.45, 2.75) is 25.2 Å². The van der Waals surface area contributed by atoms with Gasteiger partial charge in [-0.05, 0) is 25.5 Å². The highest BCUT2D eigenvalue weighted by Crippen LogP contribution is 2.18. The average molecular weight is 238 g/mol. The minimum atomic E-state index is 0.153. The summed E-state index contributed by atoms with van der Waals surface area (Å²) in [7, 11) is 0. The van der Waals surface area contributed by atoms with Crippen molar-refractivity contribution in [2.24, 2.45) is 0 Å². The molecule has 0 heterocycles. The fourth-order valence-corrected chi connectivity index (χ4v) is 2.10. The SMILES string of the molecule is CCCOCC(=O)CSc1cccc(C)c1. The van der Waals surface area contributed by atoms with Gasteiger partial charge in [-0.15, -0.1) is 11.8 Å². The van der Waals surface area contributed by atoms with Crippen molar-refractivity contribution in [1.29, 1.82) is 0 Å². The standard InChI is InChI=1S/C13H18O2S/c1-3-7-15-9-12(14)10-16-13-6-4-5-11(2)8-13/h4-6,8H,3,7,9-10H2,1-2H3. The van der Waals surface area contributed by atoms with E-state index >= 15 is 0 Å². The van der Waals surface area contributed by atoms with Gasteiger partial charge in [0.1, 0.15) is 6.61 Å². The summed E-state index contributed by atoms with van der Waals surface area (Å²) < 4.78 is 5.19. The van der Waals surface area contributed by atoms with E-state index in [-0.39, 0.29) is 12.4 Å². The summed E-state index contributed by atoms with van der Waals surface area (Å²) in [5.74, 6) is 0.646. The summed E-state index contributed by atoms with van der Waals surface area (Å²) >= 11 is 1.57. The quantitative estimate of drug-likeness (QED) is 0.539. The maximum Gasteiger partial charge on any atom is 0.168 e. The van der Waals surface area contributed by atoms with Crippen LogP contribution in [0.15, 0.2) is 29.2 Å². The molecule has 0 unspecified atom stereocenters. The van der Waals surface area contributed by atoms with Gasteiger partial charge < -0.3 is 4.74 Å². The van der Waals surface area contributed by atoms with Crippen LogP contribution in [0.5, 0.6) is 0 Å². The molecule has 1 aromatic rings. The zero-order chi connectivity index (χ0) is 11.8. The first-order chi connectivity index (χ1) is 7.72. The molecular weight excluding hydrogens is 220 g/mol. The van der Waals surface area contributed by atoms with Gasteiger partial charge in [0.25, 0.3) is 0 Å². The van der Waals surface area contributed by atoms with Gasteiger partial charge in [0, 0.05) is 11.5 Å². The van der Waals surface area contributed by atoms with Crippen LogP contribution in [0.2, 0.25) is 0 Å². The molecule has 0 aliphatic rings. The molecular formula is C13H18O2S. The zero-order valence-corrected chi connectivity index (χ0v) is 10.7. The topological polar surface area (TPSA) is 26.3 Å². The Morgan fingerprint density at radius 3 is 2.94 bits per heavy atom. The molecule has 0 aromatic heterocycles. The molecule has 0 bridgehead atoms. The first kappa shape index (κ1) is 13.3. The average Bonchev–Trinajstić information content (AvgIpc) is 2.27. The van der Waals surface area contributed by atoms with Crippen molar-refractivity contribution in [3.05, 3.63) is 29.8 Å². The molecule has 88 valence electrons. The molecule has 0 spiro atoms. The Hall–Kier alpha value is -0.800. The van der Waals surface area contributed by atoms with Gasteiger partial charge in [-0.25, -0.2) is 0 Å². The second kappa shape index (κ2) is 7.47. The summed E-state index contributed by atoms with van der Waals surface area (Å²) in [5, 5.41) is 0. The molecule has 0 saturated carbocycles. The lowest BCUT2D eigenvalue weighted by Crippen LogP contribution is -2.11. The van der Waals surface area contributed by atoms with Crippen LogP contribution in [0.25, 0.3) is 0 Å². The predicted octanol–water partition coefficient (Wildman–Crippen LogP) is 3.08. The fourth-order valence-electron chi connectivity index (χ4n) is 1.24. The molecule has 2 nitrogen and oxygen atoms in total. The van der Waals surface area contributed by atoms with E-state index < -0.39 is 0 Å². The van der Waals surface area contributed by atoms with Crippen LogP contribution in [0, 0.1) is 6.92 Å². The van der Waals surface area contributed by atoms with Crippen molar-refractivity contribution in [3.63, 3.8) is 0 Å². The molecule has 3 heteroatoms. The number of hydrogen-bond acceptors (Lipinski definition) is 3. The number of rotatable bonds is 7. The number of benzene rings is 1. The fraction of sp³-hybridized carbons (Fsp3) is 0.462. The second-order valence-electron chi connectivity index (χ2n) is 3.70. The molecule has 1 aromatic carbocycles. The highest BCUT2D eigenvalue weighted by Gasteiger charge is 2.03. The van der Waals surface area contributed by atoms with Gasteiger partial charge in [0.15, 0.2) is 5.78 Å². The molecule has 0 atom stereocenters. The van der Waals surface area contributed by atoms with Gasteiger partial charge >= 0.3 is 0 Å². The minimum absolute atomic E-state index is 0.153. The molecule has 0 amide bonds. The molecule has 0 fully saturated rings. The lowest BCUT2D eigenvalue weighted by atomic mass is 10.2. The van der Waals surface area contributed by atoms with E-state index in [1.807, 2.05) is 19.1 Å². The number of ether oxygens (including phenoxy) is 1. The number of hydrogen-bond donors (Lipinski definition) is 0. The normalized spacial score (nSPS) is 10.4. The van der Waals surface area contributed by atoms with Crippen LogP contribution in [0.3, 0.4) is 0 Å². The number of thioether (sulfide) groups is 1. The molecule has 16 heavy (non-hydrogen) atoms. The third-order valence-electron chi connectivity index (χ3n) is 2.00. The van der Waals surface area contributed by atoms with E-state index in [1.165, 1.54) is 5.56 Å². The van der Waals surface area contributed by atoms with Gasteiger partial charge in [-0.2, -0.15) is 0 Å². The Morgan fingerprint density at radius 1 is 1.44 bits per heavy atom. The van der Waals surface area contributed by atoms with Crippen molar-refractivity contribution in [2.75, 3.05) is 19.0 Å². The predicted molar refractivity (Wildman–Crippen MR) is 68.0 cm³/mol. The molecule has 0 aliphatic heterocycles. The van der Waals surface area contributed by atoms with Crippen LogP contribution >= 0.6 is 11.8 Å². The number of carbonyl (C=O) groups excluding carboxylic acids is 1. The third-order valence-corrected chi connectivity index (χ3v) is 3.05. The zero-order valence-electron chi connectivity index (χ0n) is 9.86. The molecule has 0 aliphatic carbocycles. The molecule has 1 rings (SSSR count). The van der Waals surface area contributed by atoms with Crippen molar-refractivity contribution >= 4 is 17.5 Å². The summed E-state index contributed by atoms with van der Waals surface area (Å²) in [4.78, 5) is 12.6.